The van der Waals surface area contributed by atoms with Gasteiger partial charge >= 0.3 is 0 Å². The molecule has 4 nitrogen and oxygen atoms in total. The van der Waals surface area contributed by atoms with Gasteiger partial charge in [0, 0.05) is 21.1 Å². The van der Waals surface area contributed by atoms with Crippen LogP contribution in [0, 0.1) is 6.92 Å². The van der Waals surface area contributed by atoms with Crippen molar-refractivity contribution >= 4 is 69.5 Å². The number of aromatic nitrogens is 1. The van der Waals surface area contributed by atoms with Gasteiger partial charge < -0.3 is 0 Å². The van der Waals surface area contributed by atoms with E-state index < -0.39 is 0 Å². The van der Waals surface area contributed by atoms with Gasteiger partial charge in [-0.15, -0.1) is 23.1 Å². The fraction of sp³-hybridized carbons (Fsp3) is 0.111. The van der Waals surface area contributed by atoms with Gasteiger partial charge in [-0.2, -0.15) is 0 Å². The normalized spacial score (nSPS) is 10.7. The third kappa shape index (κ3) is 5.30. The molecule has 3 rings (SSSR count). The number of nitrogens with one attached hydrogen (secondary N) is 2. The second-order valence-corrected chi connectivity index (χ2v) is 8.80. The Hall–Kier alpha value is -1.44. The zero-order valence-corrected chi connectivity index (χ0v) is 18.0. The predicted octanol–water partition coefficient (Wildman–Crippen LogP) is 6.46. The van der Waals surface area contributed by atoms with E-state index in [0.717, 1.165) is 15.6 Å². The summed E-state index contributed by atoms with van der Waals surface area (Å²) in [6.07, 6.45) is 0. The van der Waals surface area contributed by atoms with Gasteiger partial charge in [-0.1, -0.05) is 46.9 Å². The summed E-state index contributed by atoms with van der Waals surface area (Å²) >= 11 is 21.3. The molecule has 9 heteroatoms. The van der Waals surface area contributed by atoms with Crippen LogP contribution in [-0.2, 0) is 5.75 Å². The number of hydrogen-bond acceptors (Lipinski definition) is 5. The summed E-state index contributed by atoms with van der Waals surface area (Å²) in [7, 11) is 0. The number of benzene rings is 2. The highest BCUT2D eigenvalue weighted by atomic mass is 35.5. The first-order chi connectivity index (χ1) is 12.9. The minimum atomic E-state index is -0.297. The van der Waals surface area contributed by atoms with E-state index in [-0.39, 0.29) is 5.91 Å². The van der Waals surface area contributed by atoms with Gasteiger partial charge in [-0.3, -0.25) is 15.6 Å². The number of rotatable bonds is 6. The maximum Gasteiger partial charge on any atom is 0.270 e. The van der Waals surface area contributed by atoms with Gasteiger partial charge in [0.25, 0.3) is 5.91 Å². The maximum atomic E-state index is 12.6. The summed E-state index contributed by atoms with van der Waals surface area (Å²) in [6.45, 7) is 1.97. The maximum absolute atomic E-state index is 12.6. The van der Waals surface area contributed by atoms with Crippen LogP contribution in [0.5, 0.6) is 0 Å². The van der Waals surface area contributed by atoms with Gasteiger partial charge in [0.05, 0.1) is 32.0 Å². The lowest BCUT2D eigenvalue weighted by molar-refractivity contribution is 0.0960. The molecule has 0 aliphatic rings. The number of thioether (sulfide) groups is 1. The molecule has 0 radical (unpaired) electrons. The number of carbonyl (C=O) groups excluding carboxylic acids is 1. The Labute approximate surface area is 180 Å². The van der Waals surface area contributed by atoms with E-state index in [1.54, 1.807) is 41.3 Å². The predicted molar refractivity (Wildman–Crippen MR) is 115 cm³/mol. The monoisotopic (exact) mass is 457 g/mol. The molecule has 0 saturated carbocycles. The number of halogens is 3. The van der Waals surface area contributed by atoms with Crippen molar-refractivity contribution in [3.8, 4) is 0 Å². The summed E-state index contributed by atoms with van der Waals surface area (Å²) in [5, 5.41) is 4.10. The molecule has 0 bridgehead atoms. The second-order valence-electron chi connectivity index (χ2n) is 5.47. The SMILES string of the molecule is Cc1nc(CSc2ccccc2C(=O)NNc2c(Cl)cc(Cl)cc2Cl)cs1. The molecule has 1 heterocycles. The summed E-state index contributed by atoms with van der Waals surface area (Å²) in [4.78, 5) is 17.9. The van der Waals surface area contributed by atoms with E-state index in [2.05, 4.69) is 15.8 Å². The van der Waals surface area contributed by atoms with Crippen molar-refractivity contribution in [2.45, 2.75) is 17.6 Å². The van der Waals surface area contributed by atoms with Crippen LogP contribution < -0.4 is 10.9 Å². The average Bonchev–Trinajstić information content (AvgIpc) is 3.04. The zero-order chi connectivity index (χ0) is 19.4. The third-order valence-electron chi connectivity index (χ3n) is 3.48. The third-order valence-corrected chi connectivity index (χ3v) is 6.23. The number of amides is 1. The second kappa shape index (κ2) is 9.17. The lowest BCUT2D eigenvalue weighted by Crippen LogP contribution is -2.30. The van der Waals surface area contributed by atoms with Crippen molar-refractivity contribution in [2.24, 2.45) is 0 Å². The fourth-order valence-electron chi connectivity index (χ4n) is 2.25. The molecule has 0 aliphatic carbocycles. The Morgan fingerprint density at radius 1 is 1.19 bits per heavy atom. The molecular formula is C18H14Cl3N3OS2. The van der Waals surface area contributed by atoms with Crippen LogP contribution in [0.1, 0.15) is 21.1 Å². The number of anilines is 1. The van der Waals surface area contributed by atoms with Crippen LogP contribution in [0.25, 0.3) is 0 Å². The Kier molecular flexibility index (Phi) is 6.89. The lowest BCUT2D eigenvalue weighted by atomic mass is 10.2. The van der Waals surface area contributed by atoms with Crippen LogP contribution in [0.4, 0.5) is 5.69 Å². The Bertz CT molecular complexity index is 955. The van der Waals surface area contributed by atoms with Crippen molar-refractivity contribution in [1.82, 2.24) is 10.4 Å². The highest BCUT2D eigenvalue weighted by molar-refractivity contribution is 7.98. The number of aryl methyl sites for hydroxylation is 1. The van der Waals surface area contributed by atoms with Crippen LogP contribution in [0.3, 0.4) is 0 Å². The Balaban J connectivity index is 1.70. The van der Waals surface area contributed by atoms with Crippen molar-refractivity contribution in [1.29, 1.82) is 0 Å². The van der Waals surface area contributed by atoms with Crippen LogP contribution in [0.15, 0.2) is 46.7 Å². The fourth-order valence-corrected chi connectivity index (χ4v) is 4.83. The minimum absolute atomic E-state index is 0.297. The van der Waals surface area contributed by atoms with Crippen molar-refractivity contribution in [3.05, 3.63) is 73.1 Å². The Morgan fingerprint density at radius 3 is 2.56 bits per heavy atom. The van der Waals surface area contributed by atoms with E-state index in [0.29, 0.717) is 32.1 Å². The van der Waals surface area contributed by atoms with Gasteiger partial charge in [0.1, 0.15) is 0 Å². The van der Waals surface area contributed by atoms with Crippen molar-refractivity contribution in [3.63, 3.8) is 0 Å². The van der Waals surface area contributed by atoms with E-state index >= 15 is 0 Å². The molecule has 1 aromatic heterocycles. The molecule has 1 amide bonds. The molecule has 2 N–H and O–H groups in total. The van der Waals surface area contributed by atoms with E-state index in [1.165, 1.54) is 0 Å². The van der Waals surface area contributed by atoms with E-state index in [9.17, 15) is 4.79 Å². The van der Waals surface area contributed by atoms with Gasteiger partial charge in [-0.25, -0.2) is 4.98 Å². The molecule has 0 saturated heterocycles. The molecule has 140 valence electrons. The number of thiazole rings is 1. The molecule has 27 heavy (non-hydrogen) atoms. The molecule has 0 fully saturated rings. The summed E-state index contributed by atoms with van der Waals surface area (Å²) < 4.78 is 0. The lowest BCUT2D eigenvalue weighted by Gasteiger charge is -2.13. The highest BCUT2D eigenvalue weighted by Gasteiger charge is 2.14. The van der Waals surface area contributed by atoms with Crippen LogP contribution in [-0.4, -0.2) is 10.9 Å². The summed E-state index contributed by atoms with van der Waals surface area (Å²) in [5.74, 6) is 0.395. The minimum Gasteiger partial charge on any atom is -0.295 e. The first kappa shape index (κ1) is 20.3. The molecule has 0 spiro atoms. The molecule has 0 atom stereocenters. The number of hydrogen-bond donors (Lipinski definition) is 2. The first-order valence-electron chi connectivity index (χ1n) is 7.78. The van der Waals surface area contributed by atoms with Crippen molar-refractivity contribution in [2.75, 3.05) is 5.43 Å². The average molecular weight is 459 g/mol. The zero-order valence-electron chi connectivity index (χ0n) is 14.1. The molecule has 2 aromatic carbocycles. The van der Waals surface area contributed by atoms with E-state index in [1.807, 2.05) is 30.5 Å². The van der Waals surface area contributed by atoms with Crippen LogP contribution >= 0.6 is 57.9 Å². The quantitative estimate of drug-likeness (QED) is 0.329. The molecule has 0 aliphatic heterocycles. The first-order valence-corrected chi connectivity index (χ1v) is 10.8. The summed E-state index contributed by atoms with van der Waals surface area (Å²) in [5.41, 5.74) is 7.33. The standard InChI is InChI=1S/C18H14Cl3N3OS2/c1-10-22-12(8-26-10)9-27-16-5-3-2-4-13(16)18(25)24-23-17-14(20)6-11(19)7-15(17)21/h2-8,23H,9H2,1H3,(H,24,25). The largest absolute Gasteiger partial charge is 0.295 e. The molecule has 3 aromatic rings. The van der Waals surface area contributed by atoms with Crippen LogP contribution in [0.2, 0.25) is 15.1 Å². The van der Waals surface area contributed by atoms with Crippen molar-refractivity contribution < 1.29 is 4.79 Å². The Morgan fingerprint density at radius 2 is 1.89 bits per heavy atom. The number of carbonyl (C=O) groups is 1. The number of hydrazine groups is 1. The summed E-state index contributed by atoms with van der Waals surface area (Å²) in [6, 6.07) is 10.5. The number of nitrogens with zero attached hydrogens (tertiary/aromatic N) is 1. The highest BCUT2D eigenvalue weighted by Crippen LogP contribution is 2.33. The van der Waals surface area contributed by atoms with Gasteiger partial charge in [-0.05, 0) is 31.2 Å². The topological polar surface area (TPSA) is 54.0 Å². The van der Waals surface area contributed by atoms with Gasteiger partial charge in [0.15, 0.2) is 0 Å². The van der Waals surface area contributed by atoms with E-state index in [4.69, 9.17) is 34.8 Å². The molecule has 0 unspecified atom stereocenters. The smallest absolute Gasteiger partial charge is 0.270 e. The molecular weight excluding hydrogens is 445 g/mol. The van der Waals surface area contributed by atoms with Gasteiger partial charge in [0.2, 0.25) is 0 Å².